The molecule has 0 atom stereocenters. The number of nitrogens with one attached hydrogen (secondary N) is 2. The Balaban J connectivity index is 0.000000960. The predicted molar refractivity (Wildman–Crippen MR) is 130 cm³/mol. The van der Waals surface area contributed by atoms with E-state index in [1.54, 1.807) is 20.8 Å². The number of amides is 1. The molecule has 1 amide bonds. The number of nitrogens with zero attached hydrogens (tertiary/aromatic N) is 1. The number of hydrogen-bond donors (Lipinski definition) is 4. The molecule has 0 spiro atoms. The first-order valence-corrected chi connectivity index (χ1v) is 12.2. The highest BCUT2D eigenvalue weighted by Gasteiger charge is 2.27. The van der Waals surface area contributed by atoms with E-state index in [-0.39, 0.29) is 36.1 Å². The summed E-state index contributed by atoms with van der Waals surface area (Å²) in [5, 5.41) is 20.9. The number of morpholine rings is 1. The summed E-state index contributed by atoms with van der Waals surface area (Å²) >= 11 is 1.03. The van der Waals surface area contributed by atoms with Crippen LogP contribution in [0.3, 0.4) is 0 Å². The Morgan fingerprint density at radius 2 is 1.58 bits per heavy atom. The lowest BCUT2D eigenvalue weighted by Crippen LogP contribution is -2.38. The third-order valence-electron chi connectivity index (χ3n) is 4.74. The zero-order valence-corrected chi connectivity index (χ0v) is 21.4. The molecule has 2 heterocycles. The smallest absolute Gasteiger partial charge is 0.414 e. The van der Waals surface area contributed by atoms with Crippen LogP contribution in [0.1, 0.15) is 45.9 Å². The van der Waals surface area contributed by atoms with Crippen molar-refractivity contribution in [1.82, 2.24) is 10.2 Å². The molecule has 0 aromatic carbocycles. The first-order chi connectivity index (χ1) is 17.1. The summed E-state index contributed by atoms with van der Waals surface area (Å²) in [7, 11) is 0. The van der Waals surface area contributed by atoms with Crippen LogP contribution in [0.25, 0.3) is 0 Å². The van der Waals surface area contributed by atoms with E-state index in [2.05, 4.69) is 15.5 Å². The highest BCUT2D eigenvalue weighted by Crippen LogP contribution is 2.34. The van der Waals surface area contributed by atoms with E-state index in [4.69, 9.17) is 34.0 Å². The molecule has 202 valence electrons. The summed E-state index contributed by atoms with van der Waals surface area (Å²) in [4.78, 5) is 57.7. The molecule has 14 heteroatoms. The minimum Gasteiger partial charge on any atom is -0.473 e. The number of anilines is 1. The van der Waals surface area contributed by atoms with Gasteiger partial charge in [-0.15, -0.1) is 11.3 Å². The van der Waals surface area contributed by atoms with E-state index in [0.29, 0.717) is 17.1 Å². The number of aliphatic carboxylic acids is 2. The maximum atomic E-state index is 12.4. The van der Waals surface area contributed by atoms with Crippen LogP contribution in [0.4, 0.5) is 5.00 Å². The number of esters is 2. The van der Waals surface area contributed by atoms with Crippen LogP contribution >= 0.6 is 11.3 Å². The van der Waals surface area contributed by atoms with Crippen molar-refractivity contribution in [2.75, 3.05) is 64.5 Å². The molecular weight excluding hydrogens is 498 g/mol. The number of thiophene rings is 1. The summed E-state index contributed by atoms with van der Waals surface area (Å²) in [6.45, 7) is 10.7. The van der Waals surface area contributed by atoms with E-state index < -0.39 is 23.9 Å². The zero-order chi connectivity index (χ0) is 27.1. The molecule has 1 aliphatic rings. The minimum atomic E-state index is -1.82. The molecule has 1 fully saturated rings. The number of carbonyl (C=O) groups excluding carboxylic acids is 3. The maximum Gasteiger partial charge on any atom is 0.414 e. The lowest BCUT2D eigenvalue weighted by molar-refractivity contribution is -0.159. The van der Waals surface area contributed by atoms with Gasteiger partial charge in [0.05, 0.1) is 38.5 Å². The van der Waals surface area contributed by atoms with E-state index in [1.807, 2.05) is 0 Å². The van der Waals surface area contributed by atoms with Crippen LogP contribution in [-0.4, -0.2) is 104 Å². The largest absolute Gasteiger partial charge is 0.473 e. The Labute approximate surface area is 212 Å². The standard InChI is InChI=1S/C20H31N3O6S.C2H2O4/c1-4-28-19(25)16-14(3)17(20(26)29-5-2)30-18(16)22-15(24)13-21-7-6-8-23-9-11-27-12-10-23;3-1(4)2(5)6/h21H,4-13H2,1-3H3,(H,22,24);(H,3,4)(H,5,6). The molecule has 1 aliphatic heterocycles. The van der Waals surface area contributed by atoms with Gasteiger partial charge in [0.1, 0.15) is 9.88 Å². The molecule has 36 heavy (non-hydrogen) atoms. The molecule has 13 nitrogen and oxygen atoms in total. The maximum absolute atomic E-state index is 12.4. The number of carboxylic acid groups (broad SMARTS) is 2. The fraction of sp³-hybridized carbons (Fsp3) is 0.591. The number of carbonyl (C=O) groups is 5. The molecule has 0 bridgehead atoms. The van der Waals surface area contributed by atoms with Crippen molar-refractivity contribution < 1.29 is 48.4 Å². The fourth-order valence-corrected chi connectivity index (χ4v) is 4.17. The van der Waals surface area contributed by atoms with Crippen molar-refractivity contribution in [2.45, 2.75) is 27.2 Å². The van der Waals surface area contributed by atoms with Gasteiger partial charge in [-0.1, -0.05) is 0 Å². The molecule has 0 radical (unpaired) electrons. The number of carboxylic acids is 2. The minimum absolute atomic E-state index is 0.108. The van der Waals surface area contributed by atoms with Gasteiger partial charge in [0.2, 0.25) is 5.91 Å². The molecular formula is C22H33N3O10S. The Morgan fingerprint density at radius 3 is 2.14 bits per heavy atom. The molecule has 1 aromatic heterocycles. The van der Waals surface area contributed by atoms with Crippen molar-refractivity contribution in [1.29, 1.82) is 0 Å². The van der Waals surface area contributed by atoms with Crippen molar-refractivity contribution in [3.63, 3.8) is 0 Å². The van der Waals surface area contributed by atoms with Crippen molar-refractivity contribution in [3.05, 3.63) is 16.0 Å². The second-order valence-corrected chi connectivity index (χ2v) is 8.36. The summed E-state index contributed by atoms with van der Waals surface area (Å²) in [5.41, 5.74) is 0.649. The summed E-state index contributed by atoms with van der Waals surface area (Å²) in [6.07, 6.45) is 0.923. The van der Waals surface area contributed by atoms with Crippen LogP contribution in [0, 0.1) is 6.92 Å². The topological polar surface area (TPSA) is 181 Å². The van der Waals surface area contributed by atoms with Crippen LogP contribution in [0.2, 0.25) is 0 Å². The molecule has 0 saturated carbocycles. The Bertz CT molecular complexity index is 900. The Kier molecular flexibility index (Phi) is 14.3. The van der Waals surface area contributed by atoms with E-state index in [0.717, 1.165) is 50.6 Å². The van der Waals surface area contributed by atoms with Crippen LogP contribution < -0.4 is 10.6 Å². The second-order valence-electron chi connectivity index (χ2n) is 7.34. The molecule has 2 rings (SSSR count). The van der Waals surface area contributed by atoms with Crippen LogP contribution in [0.15, 0.2) is 0 Å². The van der Waals surface area contributed by atoms with Gasteiger partial charge in [0, 0.05) is 13.1 Å². The average Bonchev–Trinajstić information content (AvgIpc) is 3.15. The second kappa shape index (κ2) is 16.6. The Hall–Kier alpha value is -3.07. The van der Waals surface area contributed by atoms with Crippen LogP contribution in [0.5, 0.6) is 0 Å². The molecule has 4 N–H and O–H groups in total. The molecule has 1 aromatic rings. The fourth-order valence-electron chi connectivity index (χ4n) is 3.07. The van der Waals surface area contributed by atoms with Gasteiger partial charge in [-0.05, 0) is 45.8 Å². The van der Waals surface area contributed by atoms with Gasteiger partial charge in [-0.2, -0.15) is 0 Å². The van der Waals surface area contributed by atoms with E-state index in [9.17, 15) is 14.4 Å². The summed E-state index contributed by atoms with van der Waals surface area (Å²) in [6, 6.07) is 0. The third kappa shape index (κ3) is 10.7. The van der Waals surface area contributed by atoms with Gasteiger partial charge in [0.15, 0.2) is 0 Å². The van der Waals surface area contributed by atoms with E-state index >= 15 is 0 Å². The number of ether oxygens (including phenoxy) is 3. The Morgan fingerprint density at radius 1 is 1.00 bits per heavy atom. The predicted octanol–water partition coefficient (Wildman–Crippen LogP) is 0.816. The quantitative estimate of drug-likeness (QED) is 0.179. The average molecular weight is 532 g/mol. The molecule has 0 unspecified atom stereocenters. The van der Waals surface area contributed by atoms with Gasteiger partial charge < -0.3 is 35.1 Å². The highest BCUT2D eigenvalue weighted by molar-refractivity contribution is 7.18. The van der Waals surface area contributed by atoms with Gasteiger partial charge in [0.25, 0.3) is 0 Å². The normalized spacial score (nSPS) is 13.2. The van der Waals surface area contributed by atoms with Crippen molar-refractivity contribution in [2.24, 2.45) is 0 Å². The summed E-state index contributed by atoms with van der Waals surface area (Å²) < 4.78 is 15.5. The first-order valence-electron chi connectivity index (χ1n) is 11.4. The zero-order valence-electron chi connectivity index (χ0n) is 20.6. The number of hydrogen-bond acceptors (Lipinski definition) is 11. The van der Waals surface area contributed by atoms with Gasteiger partial charge >= 0.3 is 23.9 Å². The highest BCUT2D eigenvalue weighted by atomic mass is 32.1. The van der Waals surface area contributed by atoms with Gasteiger partial charge in [-0.25, -0.2) is 19.2 Å². The number of rotatable bonds is 11. The molecule has 1 saturated heterocycles. The van der Waals surface area contributed by atoms with Crippen molar-refractivity contribution >= 4 is 46.1 Å². The summed E-state index contributed by atoms with van der Waals surface area (Å²) in [5.74, 6) is -5.03. The lowest BCUT2D eigenvalue weighted by atomic mass is 10.1. The van der Waals surface area contributed by atoms with Crippen LogP contribution in [-0.2, 0) is 28.6 Å². The monoisotopic (exact) mass is 531 g/mol. The van der Waals surface area contributed by atoms with E-state index in [1.165, 1.54) is 0 Å². The third-order valence-corrected chi connectivity index (χ3v) is 5.93. The van der Waals surface area contributed by atoms with Crippen molar-refractivity contribution in [3.8, 4) is 0 Å². The first kappa shape index (κ1) is 31.0. The lowest BCUT2D eigenvalue weighted by Gasteiger charge is -2.26. The molecule has 0 aliphatic carbocycles. The van der Waals surface area contributed by atoms with Gasteiger partial charge in [-0.3, -0.25) is 9.69 Å². The SMILES string of the molecule is CCOC(=O)c1sc(NC(=O)CNCCCN2CCOCC2)c(C(=O)OCC)c1C.O=C(O)C(=O)O.